The number of carboxylic acids is 1. The summed E-state index contributed by atoms with van der Waals surface area (Å²) in [5.41, 5.74) is 5.52. The van der Waals surface area contributed by atoms with Gasteiger partial charge in [-0.2, -0.15) is 0 Å². The molecule has 108 valence electrons. The van der Waals surface area contributed by atoms with Crippen LogP contribution in [-0.2, 0) is 9.53 Å². The van der Waals surface area contributed by atoms with E-state index in [1.165, 1.54) is 7.11 Å². The molecule has 1 unspecified atom stereocenters. The van der Waals surface area contributed by atoms with Gasteiger partial charge in [0.25, 0.3) is 0 Å². The third kappa shape index (κ3) is 2.44. The molecule has 7 heteroatoms. The van der Waals surface area contributed by atoms with Crippen LogP contribution in [0.4, 0.5) is 5.82 Å². The Bertz CT molecular complexity index is 561. The Kier molecular flexibility index (Phi) is 3.63. The zero-order valence-corrected chi connectivity index (χ0v) is 11.4. The number of carbonyl (C=O) groups is 2. The third-order valence-electron chi connectivity index (χ3n) is 3.53. The first-order chi connectivity index (χ1) is 9.37. The summed E-state index contributed by atoms with van der Waals surface area (Å²) in [5, 5.41) is 9.11. The highest BCUT2D eigenvalue weighted by Gasteiger charge is 2.41. The third-order valence-corrected chi connectivity index (χ3v) is 3.53. The topological polar surface area (TPSA) is 106 Å². The van der Waals surface area contributed by atoms with E-state index in [1.807, 2.05) is 4.90 Å². The van der Waals surface area contributed by atoms with Crippen molar-refractivity contribution in [1.82, 2.24) is 4.98 Å². The van der Waals surface area contributed by atoms with Gasteiger partial charge in [-0.15, -0.1) is 0 Å². The Morgan fingerprint density at radius 2 is 2.20 bits per heavy atom. The van der Waals surface area contributed by atoms with Crippen LogP contribution >= 0.6 is 0 Å². The van der Waals surface area contributed by atoms with Gasteiger partial charge >= 0.3 is 11.9 Å². The fraction of sp³-hybridized carbons (Fsp3) is 0.462. The number of hydrogen-bond donors (Lipinski definition) is 2. The minimum absolute atomic E-state index is 0.201. The molecule has 1 atom stereocenters. The maximum atomic E-state index is 11.5. The Morgan fingerprint density at radius 1 is 1.50 bits per heavy atom. The number of esters is 1. The molecule has 1 fully saturated rings. The van der Waals surface area contributed by atoms with E-state index in [4.69, 9.17) is 10.8 Å². The molecule has 0 spiro atoms. The molecule has 20 heavy (non-hydrogen) atoms. The van der Waals surface area contributed by atoms with E-state index in [0.29, 0.717) is 30.0 Å². The molecule has 1 aromatic rings. The molecule has 2 rings (SSSR count). The Balaban J connectivity index is 2.22. The summed E-state index contributed by atoms with van der Waals surface area (Å²) in [6.45, 7) is 2.43. The highest BCUT2D eigenvalue weighted by atomic mass is 16.5. The first-order valence-electron chi connectivity index (χ1n) is 6.20. The van der Waals surface area contributed by atoms with Crippen molar-refractivity contribution < 1.29 is 19.4 Å². The number of nitrogens with two attached hydrogens (primary N) is 1. The highest BCUT2D eigenvalue weighted by molar-refractivity contribution is 5.90. The van der Waals surface area contributed by atoms with E-state index >= 15 is 0 Å². The van der Waals surface area contributed by atoms with Gasteiger partial charge in [0.15, 0.2) is 0 Å². The maximum absolute atomic E-state index is 11.5. The average Bonchev–Trinajstić information content (AvgIpc) is 2.82. The van der Waals surface area contributed by atoms with E-state index in [9.17, 15) is 9.59 Å². The lowest BCUT2D eigenvalue weighted by Crippen LogP contribution is -2.50. The van der Waals surface area contributed by atoms with Crippen LogP contribution in [0, 0.1) is 6.92 Å². The molecule has 2 heterocycles. The second kappa shape index (κ2) is 5.09. The second-order valence-electron chi connectivity index (χ2n) is 4.93. The molecule has 7 nitrogen and oxygen atoms in total. The summed E-state index contributed by atoms with van der Waals surface area (Å²) in [5.74, 6) is -0.840. The number of hydrogen-bond acceptors (Lipinski definition) is 6. The van der Waals surface area contributed by atoms with Crippen LogP contribution in [0.1, 0.15) is 22.5 Å². The van der Waals surface area contributed by atoms with Gasteiger partial charge in [-0.1, -0.05) is 0 Å². The largest absolute Gasteiger partial charge is 0.480 e. The maximum Gasteiger partial charge on any atom is 0.339 e. The number of rotatable bonds is 3. The molecule has 0 aromatic carbocycles. The second-order valence-corrected chi connectivity index (χ2v) is 4.93. The number of pyridine rings is 1. The van der Waals surface area contributed by atoms with Crippen molar-refractivity contribution >= 4 is 17.8 Å². The normalized spacial score (nSPS) is 21.9. The highest BCUT2D eigenvalue weighted by Crippen LogP contribution is 2.25. The quantitative estimate of drug-likeness (QED) is 0.759. The molecule has 1 aromatic heterocycles. The van der Waals surface area contributed by atoms with Crippen molar-refractivity contribution in [2.45, 2.75) is 18.9 Å². The summed E-state index contributed by atoms with van der Waals surface area (Å²) in [6.07, 6.45) is 0.363. The van der Waals surface area contributed by atoms with Gasteiger partial charge < -0.3 is 20.5 Å². The van der Waals surface area contributed by atoms with Crippen molar-refractivity contribution in [2.75, 3.05) is 25.1 Å². The van der Waals surface area contributed by atoms with E-state index < -0.39 is 17.5 Å². The fourth-order valence-corrected chi connectivity index (χ4v) is 2.25. The first-order valence-corrected chi connectivity index (χ1v) is 6.20. The van der Waals surface area contributed by atoms with Crippen molar-refractivity contribution in [3.05, 3.63) is 23.4 Å². The number of aromatic nitrogens is 1. The number of nitrogens with zero attached hydrogens (tertiary/aromatic N) is 2. The van der Waals surface area contributed by atoms with E-state index in [-0.39, 0.29) is 6.54 Å². The number of carboxylic acid groups (broad SMARTS) is 1. The molecule has 0 bridgehead atoms. The molecule has 1 saturated heterocycles. The molecular formula is C13H17N3O4. The van der Waals surface area contributed by atoms with Gasteiger partial charge in [0.05, 0.1) is 18.4 Å². The van der Waals surface area contributed by atoms with Crippen LogP contribution in [0.15, 0.2) is 12.1 Å². The van der Waals surface area contributed by atoms with Gasteiger partial charge in [0.2, 0.25) is 0 Å². The number of anilines is 1. The molecular weight excluding hydrogens is 262 g/mol. The molecule has 0 radical (unpaired) electrons. The van der Waals surface area contributed by atoms with Crippen molar-refractivity contribution in [3.8, 4) is 0 Å². The summed E-state index contributed by atoms with van der Waals surface area (Å²) in [6, 6.07) is 3.30. The SMILES string of the molecule is COC(=O)c1ccc(N2CCC(N)(C(=O)O)C2)nc1C. The van der Waals surface area contributed by atoms with Gasteiger partial charge in [-0.3, -0.25) is 4.79 Å². The smallest absolute Gasteiger partial charge is 0.339 e. The van der Waals surface area contributed by atoms with E-state index in [0.717, 1.165) is 0 Å². The summed E-state index contributed by atoms with van der Waals surface area (Å²) in [7, 11) is 1.31. The lowest BCUT2D eigenvalue weighted by molar-refractivity contribution is -0.142. The average molecular weight is 279 g/mol. The minimum atomic E-state index is -1.24. The Morgan fingerprint density at radius 3 is 2.70 bits per heavy atom. The number of carbonyl (C=O) groups excluding carboxylic acids is 1. The molecule has 1 aliphatic heterocycles. The number of ether oxygens (including phenoxy) is 1. The molecule has 3 N–H and O–H groups in total. The van der Waals surface area contributed by atoms with Crippen LogP contribution < -0.4 is 10.6 Å². The molecule has 0 amide bonds. The van der Waals surface area contributed by atoms with Crippen molar-refractivity contribution in [1.29, 1.82) is 0 Å². The molecule has 0 aliphatic carbocycles. The predicted molar refractivity (Wildman–Crippen MR) is 71.7 cm³/mol. The van der Waals surface area contributed by atoms with Crippen molar-refractivity contribution in [2.24, 2.45) is 5.73 Å². The summed E-state index contributed by atoms with van der Waals surface area (Å²) in [4.78, 5) is 28.7. The Hall–Kier alpha value is -2.15. The summed E-state index contributed by atoms with van der Waals surface area (Å²) < 4.78 is 4.66. The number of methoxy groups -OCH3 is 1. The molecule has 1 aliphatic rings. The van der Waals surface area contributed by atoms with Crippen LogP contribution in [0.25, 0.3) is 0 Å². The lowest BCUT2D eigenvalue weighted by Gasteiger charge is -2.21. The summed E-state index contributed by atoms with van der Waals surface area (Å²) >= 11 is 0. The first kappa shape index (κ1) is 14.3. The van der Waals surface area contributed by atoms with E-state index in [2.05, 4.69) is 9.72 Å². The van der Waals surface area contributed by atoms with Gasteiger partial charge in [0, 0.05) is 13.1 Å². The molecule has 0 saturated carbocycles. The van der Waals surface area contributed by atoms with Gasteiger partial charge in [-0.05, 0) is 25.5 Å². The van der Waals surface area contributed by atoms with Crippen LogP contribution in [0.2, 0.25) is 0 Å². The van der Waals surface area contributed by atoms with Crippen LogP contribution in [-0.4, -0.2) is 47.8 Å². The number of aliphatic carboxylic acids is 1. The standard InChI is InChI=1S/C13H17N3O4/c1-8-9(11(17)20-2)3-4-10(15-8)16-6-5-13(14,7-16)12(18)19/h3-4H,5-7,14H2,1-2H3,(H,18,19). The van der Waals surface area contributed by atoms with E-state index in [1.54, 1.807) is 19.1 Å². The zero-order chi connectivity index (χ0) is 14.9. The van der Waals surface area contributed by atoms with Gasteiger partial charge in [-0.25, -0.2) is 9.78 Å². The van der Waals surface area contributed by atoms with Gasteiger partial charge in [0.1, 0.15) is 11.4 Å². The fourth-order valence-electron chi connectivity index (χ4n) is 2.25. The van der Waals surface area contributed by atoms with Crippen LogP contribution in [0.3, 0.4) is 0 Å². The number of aryl methyl sites for hydroxylation is 1. The minimum Gasteiger partial charge on any atom is -0.480 e. The van der Waals surface area contributed by atoms with Crippen LogP contribution in [0.5, 0.6) is 0 Å². The predicted octanol–water partition coefficient (Wildman–Crippen LogP) is 0.169. The van der Waals surface area contributed by atoms with Crippen molar-refractivity contribution in [3.63, 3.8) is 0 Å². The zero-order valence-electron chi connectivity index (χ0n) is 11.4. The lowest BCUT2D eigenvalue weighted by atomic mass is 10.0. The monoisotopic (exact) mass is 279 g/mol. The Labute approximate surface area is 116 Å².